The van der Waals surface area contributed by atoms with Gasteiger partial charge in [-0.2, -0.15) is 0 Å². The van der Waals surface area contributed by atoms with Crippen molar-refractivity contribution in [1.29, 1.82) is 0 Å². The minimum absolute atomic E-state index is 0.137. The molecule has 2 heterocycles. The molecule has 1 aromatic heterocycles. The van der Waals surface area contributed by atoms with E-state index in [0.29, 0.717) is 10.1 Å². The lowest BCUT2D eigenvalue weighted by atomic mass is 9.64. The van der Waals surface area contributed by atoms with Gasteiger partial charge in [0, 0.05) is 24.1 Å². The van der Waals surface area contributed by atoms with Crippen LogP contribution in [0.15, 0.2) is 22.8 Å². The molecule has 4 rings (SSSR count). The van der Waals surface area contributed by atoms with E-state index in [1.165, 1.54) is 12.1 Å². The largest absolute Gasteiger partial charge is 0.312 e. The summed E-state index contributed by atoms with van der Waals surface area (Å²) >= 11 is 3.44. The maximum Gasteiger partial charge on any atom is 0.237 e. The summed E-state index contributed by atoms with van der Waals surface area (Å²) in [5.74, 6) is -0.171. The third-order valence-corrected chi connectivity index (χ3v) is 5.17. The fourth-order valence-electron chi connectivity index (χ4n) is 3.51. The first-order valence-corrected chi connectivity index (χ1v) is 7.41. The normalized spacial score (nSPS) is 19.6. The zero-order chi connectivity index (χ0) is 14.1. The van der Waals surface area contributed by atoms with E-state index in [-0.39, 0.29) is 11.7 Å². The van der Waals surface area contributed by atoms with Gasteiger partial charge in [-0.15, -0.1) is 0 Å². The number of pyridine rings is 1. The number of fused-ring (bicyclic) bond motifs is 4. The first-order valence-electron chi connectivity index (χ1n) is 6.62. The van der Waals surface area contributed by atoms with E-state index in [1.807, 2.05) is 0 Å². The molecule has 0 saturated heterocycles. The molecule has 5 heteroatoms. The van der Waals surface area contributed by atoms with Crippen LogP contribution >= 0.6 is 15.9 Å². The van der Waals surface area contributed by atoms with Crippen LogP contribution in [0.2, 0.25) is 0 Å². The van der Waals surface area contributed by atoms with E-state index >= 15 is 0 Å². The molecule has 0 N–H and O–H groups in total. The molecular weight excluding hydrogens is 323 g/mol. The lowest BCUT2D eigenvalue weighted by Crippen LogP contribution is -2.43. The Hall–Kier alpha value is -1.49. The second kappa shape index (κ2) is 3.79. The van der Waals surface area contributed by atoms with Crippen LogP contribution in [0.3, 0.4) is 0 Å². The number of aromatic nitrogens is 1. The van der Waals surface area contributed by atoms with Crippen LogP contribution in [0.25, 0.3) is 10.9 Å². The van der Waals surface area contributed by atoms with Crippen molar-refractivity contribution in [3.8, 4) is 0 Å². The number of nitrogens with zero attached hydrogens (tertiary/aromatic N) is 2. The molecule has 0 atom stereocenters. The van der Waals surface area contributed by atoms with Gasteiger partial charge in [0.05, 0.1) is 16.6 Å². The number of hydrogen-bond donors (Lipinski definition) is 0. The Morgan fingerprint density at radius 2 is 2.15 bits per heavy atom. The van der Waals surface area contributed by atoms with E-state index in [9.17, 15) is 9.18 Å². The number of rotatable bonds is 0. The molecule has 3 nitrogen and oxygen atoms in total. The minimum Gasteiger partial charge on any atom is -0.312 e. The molecule has 0 radical (unpaired) electrons. The summed E-state index contributed by atoms with van der Waals surface area (Å²) in [6, 6.07) is 4.61. The predicted molar refractivity (Wildman–Crippen MR) is 78.3 cm³/mol. The second-order valence-electron chi connectivity index (χ2n) is 5.59. The molecule has 1 aliphatic heterocycles. The number of likely N-dealkylation sites (N-methyl/N-ethyl adjacent to an activating group) is 1. The molecule has 1 aromatic carbocycles. The van der Waals surface area contributed by atoms with E-state index in [2.05, 4.69) is 20.9 Å². The Morgan fingerprint density at radius 1 is 1.40 bits per heavy atom. The van der Waals surface area contributed by atoms with Crippen molar-refractivity contribution in [3.63, 3.8) is 0 Å². The van der Waals surface area contributed by atoms with Crippen molar-refractivity contribution in [2.24, 2.45) is 0 Å². The van der Waals surface area contributed by atoms with Crippen molar-refractivity contribution in [1.82, 2.24) is 4.98 Å². The molecule has 2 aromatic rings. The Bertz CT molecular complexity index is 770. The third-order valence-electron chi connectivity index (χ3n) is 4.62. The van der Waals surface area contributed by atoms with Crippen LogP contribution in [-0.2, 0) is 10.2 Å². The highest BCUT2D eigenvalue weighted by Crippen LogP contribution is 2.56. The SMILES string of the molecule is CN1C(=O)C2(CCC2)c2c1c(Br)nc1cc(F)ccc21. The number of amides is 1. The summed E-state index contributed by atoms with van der Waals surface area (Å²) in [5, 5.41) is 0.891. The average Bonchev–Trinajstić information content (AvgIpc) is 2.59. The molecule has 0 unspecified atom stereocenters. The lowest BCUT2D eigenvalue weighted by molar-refractivity contribution is -0.125. The molecule has 1 aliphatic carbocycles. The first-order chi connectivity index (χ1) is 9.54. The van der Waals surface area contributed by atoms with Gasteiger partial charge in [-0.25, -0.2) is 9.37 Å². The van der Waals surface area contributed by atoms with Crippen molar-refractivity contribution < 1.29 is 9.18 Å². The zero-order valence-electron chi connectivity index (χ0n) is 10.9. The fourth-order valence-corrected chi connectivity index (χ4v) is 4.17. The van der Waals surface area contributed by atoms with Gasteiger partial charge in [0.15, 0.2) is 0 Å². The van der Waals surface area contributed by atoms with Gasteiger partial charge in [-0.3, -0.25) is 4.79 Å². The fraction of sp³-hybridized carbons (Fsp3) is 0.333. The van der Waals surface area contributed by atoms with Crippen LogP contribution in [0.1, 0.15) is 24.8 Å². The van der Waals surface area contributed by atoms with Gasteiger partial charge in [0.1, 0.15) is 10.4 Å². The standard InChI is InChI=1S/C15H12BrFN2O/c1-19-12-11(15(14(19)20)5-2-6-15)9-4-3-8(17)7-10(9)18-13(12)16/h3-4,7H,2,5-6H2,1H3. The Labute approximate surface area is 123 Å². The van der Waals surface area contributed by atoms with Gasteiger partial charge in [0.2, 0.25) is 5.91 Å². The molecule has 1 amide bonds. The van der Waals surface area contributed by atoms with Crippen molar-refractivity contribution in [2.75, 3.05) is 11.9 Å². The molecule has 20 heavy (non-hydrogen) atoms. The highest BCUT2D eigenvalue weighted by molar-refractivity contribution is 9.10. The Morgan fingerprint density at radius 3 is 2.80 bits per heavy atom. The van der Waals surface area contributed by atoms with Crippen molar-refractivity contribution >= 4 is 38.4 Å². The molecule has 0 bridgehead atoms. The zero-order valence-corrected chi connectivity index (χ0v) is 12.5. The summed E-state index contributed by atoms with van der Waals surface area (Å²) < 4.78 is 14.0. The maximum absolute atomic E-state index is 13.4. The van der Waals surface area contributed by atoms with Gasteiger partial charge in [0.25, 0.3) is 0 Å². The average molecular weight is 335 g/mol. The van der Waals surface area contributed by atoms with Gasteiger partial charge in [-0.05, 0) is 40.9 Å². The van der Waals surface area contributed by atoms with Crippen LogP contribution in [0.4, 0.5) is 10.1 Å². The monoisotopic (exact) mass is 334 g/mol. The third kappa shape index (κ3) is 1.29. The number of carbonyl (C=O) groups is 1. The number of hydrogen-bond acceptors (Lipinski definition) is 2. The summed E-state index contributed by atoms with van der Waals surface area (Å²) in [4.78, 5) is 18.7. The molecule has 1 saturated carbocycles. The first kappa shape index (κ1) is 12.3. The number of carbonyl (C=O) groups excluding carboxylic acids is 1. The van der Waals surface area contributed by atoms with Crippen LogP contribution < -0.4 is 4.90 Å². The molecule has 1 fully saturated rings. The molecule has 1 spiro atoms. The quantitative estimate of drug-likeness (QED) is 0.690. The summed E-state index contributed by atoms with van der Waals surface area (Å²) in [5.41, 5.74) is 2.05. The van der Waals surface area contributed by atoms with E-state index in [4.69, 9.17) is 0 Å². The van der Waals surface area contributed by atoms with Crippen LogP contribution in [0.5, 0.6) is 0 Å². The smallest absolute Gasteiger partial charge is 0.237 e. The van der Waals surface area contributed by atoms with E-state index in [0.717, 1.165) is 35.9 Å². The topological polar surface area (TPSA) is 33.2 Å². The number of anilines is 1. The molecular formula is C15H12BrFN2O. The summed E-state index contributed by atoms with van der Waals surface area (Å²) in [7, 11) is 1.79. The number of benzene rings is 1. The molecule has 2 aliphatic rings. The number of halogens is 2. The van der Waals surface area contributed by atoms with Crippen molar-refractivity contribution in [2.45, 2.75) is 24.7 Å². The Balaban J connectivity index is 2.15. The van der Waals surface area contributed by atoms with Crippen LogP contribution in [0, 0.1) is 5.82 Å². The van der Waals surface area contributed by atoms with Crippen LogP contribution in [-0.4, -0.2) is 17.9 Å². The predicted octanol–water partition coefficient (Wildman–Crippen LogP) is 3.53. The van der Waals surface area contributed by atoms with Gasteiger partial charge < -0.3 is 4.90 Å². The highest BCUT2D eigenvalue weighted by atomic mass is 79.9. The van der Waals surface area contributed by atoms with E-state index < -0.39 is 5.41 Å². The van der Waals surface area contributed by atoms with Gasteiger partial charge >= 0.3 is 0 Å². The molecule has 102 valence electrons. The lowest BCUT2D eigenvalue weighted by Gasteiger charge is -2.37. The highest BCUT2D eigenvalue weighted by Gasteiger charge is 2.55. The van der Waals surface area contributed by atoms with Gasteiger partial charge in [-0.1, -0.05) is 6.42 Å². The summed E-state index contributed by atoms with van der Waals surface area (Å²) in [6.07, 6.45) is 2.79. The van der Waals surface area contributed by atoms with E-state index in [1.54, 1.807) is 18.0 Å². The second-order valence-corrected chi connectivity index (χ2v) is 6.34. The van der Waals surface area contributed by atoms with Crippen molar-refractivity contribution in [3.05, 3.63) is 34.2 Å². The Kier molecular flexibility index (Phi) is 2.32. The minimum atomic E-state index is -0.411. The summed E-state index contributed by atoms with van der Waals surface area (Å²) in [6.45, 7) is 0. The maximum atomic E-state index is 13.4.